The molecule has 0 radical (unpaired) electrons. The van der Waals surface area contributed by atoms with Crippen molar-refractivity contribution in [2.45, 2.75) is 25.4 Å². The predicted molar refractivity (Wildman–Crippen MR) is 83.0 cm³/mol. The second-order valence-electron chi connectivity index (χ2n) is 5.70. The molecule has 2 aromatic carbocycles. The van der Waals surface area contributed by atoms with Gasteiger partial charge >= 0.3 is 0 Å². The highest BCUT2D eigenvalue weighted by Gasteiger charge is 2.27. The maximum atomic E-state index is 14.2. The molecule has 1 heterocycles. The van der Waals surface area contributed by atoms with Gasteiger partial charge in [0.05, 0.1) is 11.8 Å². The van der Waals surface area contributed by atoms with Crippen LogP contribution in [0.15, 0.2) is 48.5 Å². The highest BCUT2D eigenvalue weighted by Crippen LogP contribution is 2.36. The van der Waals surface area contributed by atoms with E-state index in [9.17, 15) is 9.50 Å². The summed E-state index contributed by atoms with van der Waals surface area (Å²) in [5.74, 6) is 0.176. The number of benzene rings is 2. The second-order valence-corrected chi connectivity index (χ2v) is 5.70. The standard InChI is InChI=1S/C18H20FNO/c1-13(21)16-8-5-9-17(19)18(16)20-11-10-15(12-20)14-6-3-2-4-7-14/h2-9,13,15,21H,10-12H2,1H3/t13-,15?/m0/s1. The molecule has 0 amide bonds. The highest BCUT2D eigenvalue weighted by molar-refractivity contribution is 5.57. The first-order valence-corrected chi connectivity index (χ1v) is 7.43. The van der Waals surface area contributed by atoms with Gasteiger partial charge in [0, 0.05) is 24.6 Å². The van der Waals surface area contributed by atoms with Gasteiger partial charge in [-0.1, -0.05) is 42.5 Å². The number of hydrogen-bond acceptors (Lipinski definition) is 2. The summed E-state index contributed by atoms with van der Waals surface area (Å²) < 4.78 is 14.2. The number of hydrogen-bond donors (Lipinski definition) is 1. The van der Waals surface area contributed by atoms with Crippen LogP contribution in [0.1, 0.15) is 36.5 Å². The predicted octanol–water partition coefficient (Wildman–Crippen LogP) is 3.87. The molecule has 3 heteroatoms. The quantitative estimate of drug-likeness (QED) is 0.925. The molecule has 1 aliphatic heterocycles. The average Bonchev–Trinajstić information content (AvgIpc) is 2.97. The maximum Gasteiger partial charge on any atom is 0.146 e. The van der Waals surface area contributed by atoms with Gasteiger partial charge in [0.2, 0.25) is 0 Å². The zero-order valence-corrected chi connectivity index (χ0v) is 12.2. The Labute approximate surface area is 124 Å². The Hall–Kier alpha value is -1.87. The largest absolute Gasteiger partial charge is 0.389 e. The van der Waals surface area contributed by atoms with Gasteiger partial charge in [-0.15, -0.1) is 0 Å². The van der Waals surface area contributed by atoms with E-state index >= 15 is 0 Å². The van der Waals surface area contributed by atoms with Crippen LogP contribution in [0.3, 0.4) is 0 Å². The molecule has 3 rings (SSSR count). The van der Waals surface area contributed by atoms with Gasteiger partial charge in [0.1, 0.15) is 5.82 Å². The van der Waals surface area contributed by atoms with Crippen LogP contribution in [-0.2, 0) is 0 Å². The van der Waals surface area contributed by atoms with Crippen LogP contribution in [-0.4, -0.2) is 18.2 Å². The minimum Gasteiger partial charge on any atom is -0.389 e. The maximum absolute atomic E-state index is 14.2. The third-order valence-corrected chi connectivity index (χ3v) is 4.24. The summed E-state index contributed by atoms with van der Waals surface area (Å²) in [6.07, 6.45) is 0.351. The van der Waals surface area contributed by atoms with E-state index in [4.69, 9.17) is 0 Å². The summed E-state index contributed by atoms with van der Waals surface area (Å²) in [5.41, 5.74) is 2.53. The molecule has 1 aliphatic rings. The van der Waals surface area contributed by atoms with Crippen LogP contribution in [0.2, 0.25) is 0 Å². The zero-order chi connectivity index (χ0) is 14.8. The number of anilines is 1. The summed E-state index contributed by atoms with van der Waals surface area (Å²) in [4.78, 5) is 2.06. The molecule has 2 atom stereocenters. The SMILES string of the molecule is C[C@H](O)c1cccc(F)c1N1CCC(c2ccccc2)C1. The Morgan fingerprint density at radius 3 is 2.62 bits per heavy atom. The van der Waals surface area contributed by atoms with Gasteiger partial charge in [-0.3, -0.25) is 0 Å². The van der Waals surface area contributed by atoms with Gasteiger partial charge in [-0.25, -0.2) is 4.39 Å². The molecule has 0 bridgehead atoms. The number of aliphatic hydroxyl groups excluding tert-OH is 1. The van der Waals surface area contributed by atoms with E-state index in [2.05, 4.69) is 17.0 Å². The molecule has 0 aliphatic carbocycles. The molecule has 1 N–H and O–H groups in total. The third-order valence-electron chi connectivity index (χ3n) is 4.24. The number of nitrogens with zero attached hydrogens (tertiary/aromatic N) is 1. The minimum absolute atomic E-state index is 0.248. The average molecular weight is 285 g/mol. The Morgan fingerprint density at radius 1 is 1.14 bits per heavy atom. The van der Waals surface area contributed by atoms with Gasteiger partial charge in [-0.2, -0.15) is 0 Å². The van der Waals surface area contributed by atoms with Crippen LogP contribution in [0.25, 0.3) is 0 Å². The van der Waals surface area contributed by atoms with E-state index < -0.39 is 6.10 Å². The van der Waals surface area contributed by atoms with Crippen LogP contribution < -0.4 is 4.90 Å². The third kappa shape index (κ3) is 2.79. The molecule has 0 aromatic heterocycles. The van der Waals surface area contributed by atoms with E-state index in [0.717, 1.165) is 19.5 Å². The molecule has 110 valence electrons. The molecule has 2 nitrogen and oxygen atoms in total. The lowest BCUT2D eigenvalue weighted by atomic mass is 9.99. The topological polar surface area (TPSA) is 23.5 Å². The number of para-hydroxylation sites is 1. The van der Waals surface area contributed by atoms with Crippen LogP contribution >= 0.6 is 0 Å². The van der Waals surface area contributed by atoms with Crippen molar-refractivity contribution < 1.29 is 9.50 Å². The Bertz CT molecular complexity index is 612. The van der Waals surface area contributed by atoms with Crippen molar-refractivity contribution in [1.82, 2.24) is 0 Å². The Morgan fingerprint density at radius 2 is 1.90 bits per heavy atom. The second kappa shape index (κ2) is 5.86. The summed E-state index contributed by atoms with van der Waals surface area (Å²) in [7, 11) is 0. The normalized spacial score (nSPS) is 19.8. The molecule has 1 unspecified atom stereocenters. The van der Waals surface area contributed by atoms with Crippen molar-refractivity contribution >= 4 is 5.69 Å². The molecule has 21 heavy (non-hydrogen) atoms. The van der Waals surface area contributed by atoms with Crippen molar-refractivity contribution in [2.24, 2.45) is 0 Å². The lowest BCUT2D eigenvalue weighted by Gasteiger charge is -2.24. The number of halogens is 1. The van der Waals surface area contributed by atoms with Gasteiger partial charge in [0.15, 0.2) is 0 Å². The van der Waals surface area contributed by atoms with Crippen LogP contribution in [0.5, 0.6) is 0 Å². The molecule has 0 saturated carbocycles. The fourth-order valence-corrected chi connectivity index (χ4v) is 3.16. The van der Waals surface area contributed by atoms with Crippen LogP contribution in [0, 0.1) is 5.82 Å². The van der Waals surface area contributed by atoms with Gasteiger partial charge in [-0.05, 0) is 25.0 Å². The summed E-state index contributed by atoms with van der Waals surface area (Å²) in [6.45, 7) is 3.30. The van der Waals surface area contributed by atoms with Gasteiger partial charge in [0.25, 0.3) is 0 Å². The zero-order valence-electron chi connectivity index (χ0n) is 12.2. The molecule has 2 aromatic rings. The molecule has 0 spiro atoms. The smallest absolute Gasteiger partial charge is 0.146 e. The highest BCUT2D eigenvalue weighted by atomic mass is 19.1. The van der Waals surface area contributed by atoms with E-state index in [0.29, 0.717) is 17.2 Å². The Kier molecular flexibility index (Phi) is 3.93. The summed E-state index contributed by atoms with van der Waals surface area (Å²) >= 11 is 0. The first-order chi connectivity index (χ1) is 10.2. The molecule has 1 saturated heterocycles. The summed E-state index contributed by atoms with van der Waals surface area (Å²) in [5, 5.41) is 9.88. The van der Waals surface area contributed by atoms with Crippen molar-refractivity contribution in [3.63, 3.8) is 0 Å². The first-order valence-electron chi connectivity index (χ1n) is 7.43. The fraction of sp³-hybridized carbons (Fsp3) is 0.333. The van der Waals surface area contributed by atoms with Crippen molar-refractivity contribution in [1.29, 1.82) is 0 Å². The minimum atomic E-state index is -0.661. The monoisotopic (exact) mass is 285 g/mol. The van der Waals surface area contributed by atoms with E-state index in [1.807, 2.05) is 18.2 Å². The van der Waals surface area contributed by atoms with Crippen LogP contribution in [0.4, 0.5) is 10.1 Å². The summed E-state index contributed by atoms with van der Waals surface area (Å²) in [6, 6.07) is 15.3. The number of rotatable bonds is 3. The molecular formula is C18H20FNO. The fourth-order valence-electron chi connectivity index (χ4n) is 3.16. The van der Waals surface area contributed by atoms with E-state index in [1.165, 1.54) is 11.6 Å². The molecule has 1 fully saturated rings. The van der Waals surface area contributed by atoms with Crippen molar-refractivity contribution in [3.05, 3.63) is 65.5 Å². The van der Waals surface area contributed by atoms with E-state index in [1.54, 1.807) is 19.1 Å². The van der Waals surface area contributed by atoms with Crippen molar-refractivity contribution in [3.8, 4) is 0 Å². The first kappa shape index (κ1) is 14.1. The lowest BCUT2D eigenvalue weighted by molar-refractivity contribution is 0.199. The Balaban J connectivity index is 1.87. The molecular weight excluding hydrogens is 265 g/mol. The lowest BCUT2D eigenvalue weighted by Crippen LogP contribution is -2.22. The van der Waals surface area contributed by atoms with Crippen molar-refractivity contribution in [2.75, 3.05) is 18.0 Å². The van der Waals surface area contributed by atoms with E-state index in [-0.39, 0.29) is 5.82 Å². The number of aliphatic hydroxyl groups is 1. The van der Waals surface area contributed by atoms with Gasteiger partial charge < -0.3 is 10.0 Å².